The average molecular weight is 620 g/mol. The number of hydrogen-bond donors (Lipinski definition) is 3. The summed E-state index contributed by atoms with van der Waals surface area (Å²) >= 11 is 7.13. The Morgan fingerprint density at radius 1 is 1.15 bits per heavy atom. The SMILES string of the molecule is C[C@@H]1CN(CCC(F)(F)F)CCN1c1cc(Cl)ccc1NC(=O)c1ccc(CNC(=O)[C@@H]2CSC(=O)N2)c(F)c1F. The molecule has 8 nitrogen and oxygen atoms in total. The summed E-state index contributed by atoms with van der Waals surface area (Å²) in [5.74, 6) is -3.96. The first kappa shape index (κ1) is 30.8. The lowest BCUT2D eigenvalue weighted by Gasteiger charge is -2.42. The van der Waals surface area contributed by atoms with Crippen molar-refractivity contribution in [3.63, 3.8) is 0 Å². The Bertz CT molecular complexity index is 1330. The van der Waals surface area contributed by atoms with Gasteiger partial charge in [0.25, 0.3) is 11.1 Å². The lowest BCUT2D eigenvalue weighted by Crippen LogP contribution is -2.52. The van der Waals surface area contributed by atoms with Crippen molar-refractivity contribution in [3.05, 3.63) is 58.1 Å². The Balaban J connectivity index is 1.44. The highest BCUT2D eigenvalue weighted by Crippen LogP contribution is 2.33. The van der Waals surface area contributed by atoms with E-state index in [0.29, 0.717) is 30.3 Å². The second kappa shape index (κ2) is 12.8. The number of nitrogens with one attached hydrogen (secondary N) is 3. The zero-order valence-electron chi connectivity index (χ0n) is 21.8. The van der Waals surface area contributed by atoms with E-state index in [2.05, 4.69) is 16.0 Å². The van der Waals surface area contributed by atoms with Gasteiger partial charge in [0.05, 0.1) is 23.4 Å². The molecular formula is C26H27ClF5N5O3S. The topological polar surface area (TPSA) is 93.8 Å². The molecule has 0 radical (unpaired) electrons. The molecule has 0 saturated carbocycles. The molecule has 4 rings (SSSR count). The van der Waals surface area contributed by atoms with E-state index in [0.717, 1.165) is 17.8 Å². The first-order chi connectivity index (χ1) is 19.3. The summed E-state index contributed by atoms with van der Waals surface area (Å²) in [6.45, 7) is 2.41. The van der Waals surface area contributed by atoms with Gasteiger partial charge in [-0.2, -0.15) is 13.2 Å². The van der Waals surface area contributed by atoms with Crippen LogP contribution in [-0.4, -0.2) is 72.1 Å². The number of anilines is 2. The van der Waals surface area contributed by atoms with Crippen molar-refractivity contribution < 1.29 is 36.3 Å². The number of carbonyl (C=O) groups is 3. The van der Waals surface area contributed by atoms with Crippen LogP contribution in [0.5, 0.6) is 0 Å². The predicted octanol–water partition coefficient (Wildman–Crippen LogP) is 4.77. The quantitative estimate of drug-likeness (QED) is 0.369. The number of halogens is 6. The van der Waals surface area contributed by atoms with Gasteiger partial charge in [-0.15, -0.1) is 0 Å². The van der Waals surface area contributed by atoms with E-state index >= 15 is 0 Å². The maximum atomic E-state index is 14.9. The highest BCUT2D eigenvalue weighted by Gasteiger charge is 2.32. The highest BCUT2D eigenvalue weighted by molar-refractivity contribution is 8.14. The Labute approximate surface area is 241 Å². The predicted molar refractivity (Wildman–Crippen MR) is 146 cm³/mol. The number of rotatable bonds is 8. The van der Waals surface area contributed by atoms with Crippen LogP contribution in [0, 0.1) is 11.6 Å². The number of carbonyl (C=O) groups excluding carboxylic acids is 3. The maximum Gasteiger partial charge on any atom is 0.390 e. The summed E-state index contributed by atoms with van der Waals surface area (Å²) in [5, 5.41) is 7.47. The molecule has 2 aliphatic rings. The molecule has 0 aliphatic carbocycles. The minimum atomic E-state index is -4.25. The molecule has 2 saturated heterocycles. The molecule has 2 aromatic rings. The normalized spacial score (nSPS) is 19.7. The fourth-order valence-corrected chi connectivity index (χ4v) is 5.59. The van der Waals surface area contributed by atoms with Gasteiger partial charge in [0.1, 0.15) is 6.04 Å². The highest BCUT2D eigenvalue weighted by atomic mass is 35.5. The van der Waals surface area contributed by atoms with Gasteiger partial charge in [0.2, 0.25) is 5.91 Å². The van der Waals surface area contributed by atoms with Crippen LogP contribution < -0.4 is 20.9 Å². The molecule has 2 aliphatic heterocycles. The first-order valence-electron chi connectivity index (χ1n) is 12.7. The largest absolute Gasteiger partial charge is 0.390 e. The fraction of sp³-hybridized carbons (Fsp3) is 0.423. The average Bonchev–Trinajstić information content (AvgIpc) is 3.35. The summed E-state index contributed by atoms with van der Waals surface area (Å²) in [5.41, 5.74) is 0.00514. The smallest absolute Gasteiger partial charge is 0.365 e. The van der Waals surface area contributed by atoms with Gasteiger partial charge in [0.15, 0.2) is 11.6 Å². The number of amides is 3. The van der Waals surface area contributed by atoms with Crippen molar-refractivity contribution in [2.45, 2.75) is 38.1 Å². The lowest BCUT2D eigenvalue weighted by atomic mass is 10.1. The second-order valence-electron chi connectivity index (χ2n) is 9.74. The number of benzene rings is 2. The molecule has 222 valence electrons. The minimum Gasteiger partial charge on any atom is -0.365 e. The van der Waals surface area contributed by atoms with Gasteiger partial charge in [-0.05, 0) is 31.2 Å². The molecule has 0 bridgehead atoms. The van der Waals surface area contributed by atoms with Gasteiger partial charge in [-0.3, -0.25) is 19.3 Å². The molecule has 2 fully saturated rings. The van der Waals surface area contributed by atoms with Crippen molar-refractivity contribution in [1.82, 2.24) is 15.5 Å². The van der Waals surface area contributed by atoms with Crippen molar-refractivity contribution in [2.75, 3.05) is 42.1 Å². The Morgan fingerprint density at radius 3 is 2.56 bits per heavy atom. The van der Waals surface area contributed by atoms with Crippen molar-refractivity contribution in [3.8, 4) is 0 Å². The van der Waals surface area contributed by atoms with Crippen LogP contribution in [0.3, 0.4) is 0 Å². The van der Waals surface area contributed by atoms with Crippen LogP contribution in [0.2, 0.25) is 5.02 Å². The fourth-order valence-electron chi connectivity index (χ4n) is 4.65. The Hall–Kier alpha value is -3.10. The van der Waals surface area contributed by atoms with Gasteiger partial charge in [-0.1, -0.05) is 29.4 Å². The summed E-state index contributed by atoms with van der Waals surface area (Å²) in [6, 6.07) is 5.89. The molecule has 3 amide bonds. The van der Waals surface area contributed by atoms with Crippen molar-refractivity contribution >= 4 is 51.8 Å². The number of hydrogen-bond acceptors (Lipinski definition) is 6. The lowest BCUT2D eigenvalue weighted by molar-refractivity contribution is -0.138. The van der Waals surface area contributed by atoms with E-state index < -0.39 is 47.7 Å². The van der Waals surface area contributed by atoms with Gasteiger partial charge in [-0.25, -0.2) is 8.78 Å². The third kappa shape index (κ3) is 7.80. The van der Waals surface area contributed by atoms with Crippen LogP contribution in [0.15, 0.2) is 30.3 Å². The minimum absolute atomic E-state index is 0.123. The van der Waals surface area contributed by atoms with E-state index in [1.165, 1.54) is 18.2 Å². The molecule has 2 heterocycles. The monoisotopic (exact) mass is 619 g/mol. The van der Waals surface area contributed by atoms with E-state index in [1.54, 1.807) is 11.0 Å². The first-order valence-corrected chi connectivity index (χ1v) is 14.0. The molecule has 2 atom stereocenters. The van der Waals surface area contributed by atoms with Crippen LogP contribution in [0.1, 0.15) is 29.3 Å². The standard InChI is InChI=1S/C26H27ClF5N5O3S/c1-14-12-36(7-6-26(30,31)32)8-9-37(14)20-10-16(27)3-5-18(20)34-23(38)17-4-2-15(21(28)22(17)29)11-33-24(39)19-13-41-25(40)35-19/h2-5,10,14,19H,6-9,11-13H2,1H3,(H,33,39)(H,34,38)(H,35,40)/t14-,19+/m1/s1. The maximum absolute atomic E-state index is 14.9. The van der Waals surface area contributed by atoms with E-state index in [1.807, 2.05) is 11.8 Å². The molecule has 0 spiro atoms. The zero-order valence-corrected chi connectivity index (χ0v) is 23.4. The second-order valence-corrected chi connectivity index (χ2v) is 11.2. The molecule has 41 heavy (non-hydrogen) atoms. The molecule has 3 N–H and O–H groups in total. The Kier molecular flexibility index (Phi) is 9.65. The van der Waals surface area contributed by atoms with Crippen LogP contribution in [0.25, 0.3) is 0 Å². The van der Waals surface area contributed by atoms with Crippen molar-refractivity contribution in [1.29, 1.82) is 0 Å². The third-order valence-corrected chi connectivity index (χ3v) is 7.91. The number of piperazine rings is 1. The Morgan fingerprint density at radius 2 is 1.90 bits per heavy atom. The van der Waals surface area contributed by atoms with Gasteiger partial charge in [0, 0.05) is 55.1 Å². The van der Waals surface area contributed by atoms with Crippen LogP contribution in [-0.2, 0) is 11.3 Å². The van der Waals surface area contributed by atoms with Gasteiger partial charge >= 0.3 is 6.18 Å². The summed E-state index contributed by atoms with van der Waals surface area (Å²) < 4.78 is 67.7. The molecule has 15 heteroatoms. The van der Waals surface area contributed by atoms with E-state index in [4.69, 9.17) is 11.6 Å². The van der Waals surface area contributed by atoms with E-state index in [9.17, 15) is 36.3 Å². The van der Waals surface area contributed by atoms with Crippen molar-refractivity contribution in [2.24, 2.45) is 0 Å². The number of nitrogens with zero attached hydrogens (tertiary/aromatic N) is 2. The molecule has 2 aromatic carbocycles. The summed E-state index contributed by atoms with van der Waals surface area (Å²) in [4.78, 5) is 40.0. The molecular weight excluding hydrogens is 593 g/mol. The third-order valence-electron chi connectivity index (χ3n) is 6.79. The number of alkyl halides is 3. The number of thioether (sulfide) groups is 1. The summed E-state index contributed by atoms with van der Waals surface area (Å²) in [7, 11) is 0. The van der Waals surface area contributed by atoms with Gasteiger partial charge < -0.3 is 20.9 Å². The molecule has 0 unspecified atom stereocenters. The molecule has 0 aromatic heterocycles. The zero-order chi connectivity index (χ0) is 29.9. The van der Waals surface area contributed by atoms with E-state index in [-0.39, 0.29) is 41.4 Å². The summed E-state index contributed by atoms with van der Waals surface area (Å²) in [6.07, 6.45) is -5.16. The van der Waals surface area contributed by atoms with Crippen LogP contribution >= 0.6 is 23.4 Å². The van der Waals surface area contributed by atoms with Crippen LogP contribution in [0.4, 0.5) is 38.1 Å².